The van der Waals surface area contributed by atoms with Crippen molar-refractivity contribution in [3.05, 3.63) is 167 Å². The number of halogens is 1. The predicted molar refractivity (Wildman–Crippen MR) is 360 cm³/mol. The number of esters is 3. The summed E-state index contributed by atoms with van der Waals surface area (Å²) in [4.78, 5) is 83.8. The summed E-state index contributed by atoms with van der Waals surface area (Å²) in [5.41, 5.74) is 5.00. The topological polar surface area (TPSA) is 297 Å². The molecule has 5 aromatic carbocycles. The van der Waals surface area contributed by atoms with Crippen molar-refractivity contribution >= 4 is 53.9 Å². The van der Waals surface area contributed by atoms with Crippen LogP contribution in [0.3, 0.4) is 0 Å². The molecule has 0 bridgehead atoms. The summed E-state index contributed by atoms with van der Waals surface area (Å²) in [5, 5.41) is 34.0. The van der Waals surface area contributed by atoms with Gasteiger partial charge in [-0.15, -0.1) is 17.5 Å². The third-order valence-electron chi connectivity index (χ3n) is 13.2. The zero-order chi connectivity index (χ0) is 68.0. The van der Waals surface area contributed by atoms with Crippen molar-refractivity contribution in [3.8, 4) is 11.5 Å². The molecule has 2 unspecified atom stereocenters. The third-order valence-corrected chi connectivity index (χ3v) is 13.2. The SMILES string of the molecule is CC(C)(C)OC(=O)[C@H](CCCCNCC(=O)c1ccccc1)NO.COc1ccc(C2ON2[C@@H](CCCCNCC(=O)c2ccccc2)C(=O)OC(C)(C)C)cc1.COc1ccc(C=N[C@@H](CCCCNCC(=O)c2ccccc2)C(=O)OC(C)(C)C)cc1.Cl.ONO. The Hall–Kier alpha value is -7.32. The lowest BCUT2D eigenvalue weighted by molar-refractivity contribution is -0.162. The monoisotopic (exact) mass is 1310 g/mol. The number of ketones is 3. The Morgan fingerprint density at radius 1 is 0.505 bits per heavy atom. The zero-order valence-corrected chi connectivity index (χ0v) is 56.6. The predicted octanol–water partition coefficient (Wildman–Crippen LogP) is 10.9. The number of hydrogen-bond acceptors (Lipinski definition) is 22. The van der Waals surface area contributed by atoms with Gasteiger partial charge in [-0.1, -0.05) is 109 Å². The molecule has 93 heavy (non-hydrogen) atoms. The van der Waals surface area contributed by atoms with Crippen LogP contribution in [0.1, 0.15) is 169 Å². The smallest absolute Gasteiger partial charge is 0.331 e. The molecule has 0 aliphatic carbocycles. The van der Waals surface area contributed by atoms with Gasteiger partial charge < -0.3 is 44.8 Å². The molecule has 1 aliphatic heterocycles. The van der Waals surface area contributed by atoms with Gasteiger partial charge in [0.05, 0.1) is 33.9 Å². The van der Waals surface area contributed by atoms with Crippen molar-refractivity contribution in [1.29, 1.82) is 0 Å². The third kappa shape index (κ3) is 35.5. The van der Waals surface area contributed by atoms with E-state index in [-0.39, 0.29) is 54.5 Å². The molecule has 0 aromatic heterocycles. The van der Waals surface area contributed by atoms with E-state index >= 15 is 0 Å². The second kappa shape index (κ2) is 44.3. The highest BCUT2D eigenvalue weighted by Gasteiger charge is 2.47. The van der Waals surface area contributed by atoms with Crippen molar-refractivity contribution in [2.75, 3.05) is 53.5 Å². The van der Waals surface area contributed by atoms with Crippen LogP contribution in [-0.4, -0.2) is 151 Å². The van der Waals surface area contributed by atoms with E-state index in [9.17, 15) is 28.8 Å². The van der Waals surface area contributed by atoms with Crippen molar-refractivity contribution in [3.63, 3.8) is 0 Å². The van der Waals surface area contributed by atoms with Crippen molar-refractivity contribution in [2.45, 2.75) is 161 Å². The Kier molecular flexibility index (Phi) is 39.0. The second-order valence-corrected chi connectivity index (χ2v) is 24.4. The molecule has 22 nitrogen and oxygen atoms in total. The van der Waals surface area contributed by atoms with Gasteiger partial charge in [-0.3, -0.25) is 44.2 Å². The Labute approximate surface area is 555 Å². The van der Waals surface area contributed by atoms with Crippen LogP contribution in [0.4, 0.5) is 0 Å². The van der Waals surface area contributed by atoms with Gasteiger partial charge in [-0.05, 0) is 187 Å². The number of unbranched alkanes of at least 4 members (excludes halogenated alkanes) is 3. The summed E-state index contributed by atoms with van der Waals surface area (Å²) in [7, 11) is 3.24. The standard InChI is InChI=1S/C26H34N2O5.C26H34N2O4.C18H28N2O4.ClH.H3NO2/c1-26(2,3)32-25(30)22(28-24(33-28)20-13-15-21(31-4)16-14-20)12-8-9-17-27-18-23(29)19-10-6-5-7-11-19;1-26(2,3)32-25(30)23(28-18-20-13-15-22(31-4)16-14-20)12-8-9-17-27-19-24(29)21-10-6-5-7-11-21;1-18(2,3)24-17(22)15(20-23)11-7-8-12-19-13-16(21)14-9-5-4-6-10-14;;2-1-3/h5-7,10-11,13-16,22,24,27H,8-9,12,17-18H2,1-4H3;5-7,10-11,13-16,18,23,27H,8-9,12,17,19H2,1-4H3;4-6,9-10,15,19-20,23H,7-8,11-13H2,1-3H3;1H;1-3H/t22-,24?,28?;23-;15-;;/m000../s1. The number of hydrogen-bond donors (Lipinski definition) is 8. The molecule has 1 aliphatic rings. The molecule has 0 amide bonds. The van der Waals surface area contributed by atoms with Crippen LogP contribution in [0.2, 0.25) is 0 Å². The van der Waals surface area contributed by atoms with Crippen LogP contribution in [-0.2, 0) is 33.4 Å². The Morgan fingerprint density at radius 2 is 0.871 bits per heavy atom. The molecule has 6 rings (SSSR count). The van der Waals surface area contributed by atoms with Crippen LogP contribution >= 0.6 is 12.4 Å². The molecular weight excluding hydrogens is 1210 g/mol. The molecule has 0 saturated carbocycles. The highest BCUT2D eigenvalue weighted by molar-refractivity contribution is 5.98. The average Bonchev–Trinajstić information content (AvgIpc) is 1.63. The van der Waals surface area contributed by atoms with Gasteiger partial charge in [-0.2, -0.15) is 5.48 Å². The maximum absolute atomic E-state index is 12.9. The molecule has 5 atom stereocenters. The van der Waals surface area contributed by atoms with E-state index in [2.05, 4.69) is 20.9 Å². The Balaban J connectivity index is 0.000000468. The van der Waals surface area contributed by atoms with E-state index in [1.165, 1.54) is 0 Å². The molecule has 5 aromatic rings. The molecule has 1 heterocycles. The van der Waals surface area contributed by atoms with Crippen molar-refractivity contribution in [2.24, 2.45) is 4.99 Å². The van der Waals surface area contributed by atoms with Gasteiger partial charge in [0.25, 0.3) is 0 Å². The molecule has 8 N–H and O–H groups in total. The molecular formula is C70H100ClN7O15. The van der Waals surface area contributed by atoms with Crippen molar-refractivity contribution in [1.82, 2.24) is 32.1 Å². The first kappa shape index (κ1) is 81.8. The lowest BCUT2D eigenvalue weighted by atomic mass is 10.1. The molecule has 23 heteroatoms. The average molecular weight is 1320 g/mol. The zero-order valence-electron chi connectivity index (χ0n) is 55.8. The number of nitrogens with zero attached hydrogens (tertiary/aromatic N) is 2. The first-order valence-electron chi connectivity index (χ1n) is 31.1. The Bertz CT molecular complexity index is 2940. The molecule has 512 valence electrons. The summed E-state index contributed by atoms with van der Waals surface area (Å²) < 4.78 is 26.8. The molecule has 1 fully saturated rings. The summed E-state index contributed by atoms with van der Waals surface area (Å²) in [5.74, 6) is 0.664. The number of carbonyl (C=O) groups is 6. The molecule has 0 radical (unpaired) electrons. The minimum Gasteiger partial charge on any atom is -0.497 e. The van der Waals surface area contributed by atoms with E-state index < -0.39 is 40.9 Å². The van der Waals surface area contributed by atoms with Gasteiger partial charge in [0.2, 0.25) is 0 Å². The van der Waals surface area contributed by atoms with E-state index in [0.29, 0.717) is 68.7 Å². The summed E-state index contributed by atoms with van der Waals surface area (Å²) in [6.07, 6.45) is 7.86. The van der Waals surface area contributed by atoms with E-state index in [1.807, 2.05) is 174 Å². The number of ether oxygens (including phenoxy) is 5. The number of carbonyl (C=O) groups excluding carboxylic acids is 6. The highest BCUT2D eigenvalue weighted by Crippen LogP contribution is 2.41. The second-order valence-electron chi connectivity index (χ2n) is 24.4. The van der Waals surface area contributed by atoms with E-state index in [4.69, 9.17) is 44.1 Å². The van der Waals surface area contributed by atoms with Crippen LogP contribution in [0.15, 0.2) is 145 Å². The first-order chi connectivity index (χ1) is 43.8. The van der Waals surface area contributed by atoms with Gasteiger partial charge in [-0.25, -0.2) is 4.79 Å². The summed E-state index contributed by atoms with van der Waals surface area (Å²) in [6.45, 7) is 19.4. The normalized spacial score (nSPS) is 14.3. The number of nitrogens with one attached hydrogen (secondary N) is 5. The largest absolute Gasteiger partial charge is 0.497 e. The minimum atomic E-state index is -0.727. The lowest BCUT2D eigenvalue weighted by Crippen LogP contribution is -2.39. The maximum Gasteiger partial charge on any atom is 0.331 e. The highest BCUT2D eigenvalue weighted by atomic mass is 35.5. The van der Waals surface area contributed by atoms with Crippen LogP contribution < -0.4 is 36.5 Å². The van der Waals surface area contributed by atoms with Gasteiger partial charge in [0, 0.05) is 22.9 Å². The van der Waals surface area contributed by atoms with Crippen LogP contribution in [0.25, 0.3) is 0 Å². The summed E-state index contributed by atoms with van der Waals surface area (Å²) in [6, 6.07) is 41.0. The van der Waals surface area contributed by atoms with Gasteiger partial charge in [0.1, 0.15) is 46.4 Å². The first-order valence-corrected chi connectivity index (χ1v) is 31.1. The quantitative estimate of drug-likeness (QED) is 0.00361. The minimum absolute atomic E-state index is 0. The fourth-order valence-electron chi connectivity index (χ4n) is 8.68. The number of benzene rings is 5. The number of hydroxylamine groups is 3. The number of methoxy groups -OCH3 is 2. The summed E-state index contributed by atoms with van der Waals surface area (Å²) >= 11 is 0. The number of Topliss-reactive ketones (excluding diaryl/α,β-unsaturated/α-hetero) is 3. The Morgan fingerprint density at radius 3 is 1.26 bits per heavy atom. The van der Waals surface area contributed by atoms with Crippen LogP contribution in [0, 0.1) is 0 Å². The maximum atomic E-state index is 12.9. The van der Waals surface area contributed by atoms with Gasteiger partial charge in [0.15, 0.2) is 23.6 Å². The fourth-order valence-corrected chi connectivity index (χ4v) is 8.68. The van der Waals surface area contributed by atoms with Crippen molar-refractivity contribution < 1.29 is 72.9 Å². The van der Waals surface area contributed by atoms with Crippen LogP contribution in [0.5, 0.6) is 11.5 Å². The molecule has 0 spiro atoms. The molecule has 1 saturated heterocycles. The van der Waals surface area contributed by atoms with Gasteiger partial charge >= 0.3 is 17.9 Å². The van der Waals surface area contributed by atoms with E-state index in [0.717, 1.165) is 66.8 Å². The van der Waals surface area contributed by atoms with E-state index in [1.54, 1.807) is 58.4 Å². The fraction of sp³-hybridized carbons (Fsp3) is 0.471. The lowest BCUT2D eigenvalue weighted by Gasteiger charge is -2.23. The number of rotatable bonds is 34. The number of aliphatic imine (C=N–C) groups is 1.